The lowest BCUT2D eigenvalue weighted by atomic mass is 10.0. The van der Waals surface area contributed by atoms with Gasteiger partial charge < -0.3 is 0 Å². The van der Waals surface area contributed by atoms with Crippen LogP contribution in [0, 0.1) is 13.3 Å². The summed E-state index contributed by atoms with van der Waals surface area (Å²) in [6, 6.07) is 45.6. The molecule has 0 bridgehead atoms. The fraction of sp³-hybridized carbons (Fsp3) is 0.257. The SMILES string of the molecule is [CH2-][P+](c1ccccc1)(c1ccccc1)N(C1CCCC1)[P+]1([CH2-])[C@H](c2ccccc2)CC[C@H]1c1ccccc1. The Hall–Kier alpha value is -2.30. The van der Waals surface area contributed by atoms with Crippen LogP contribution < -0.4 is 10.6 Å². The molecule has 4 aromatic carbocycles. The predicted molar refractivity (Wildman–Crippen MR) is 168 cm³/mol. The molecular weight excluding hydrogens is 496 g/mol. The first-order valence-corrected chi connectivity index (χ1v) is 18.1. The molecule has 2 atom stereocenters. The lowest BCUT2D eigenvalue weighted by molar-refractivity contribution is 0.490. The standard InChI is InChI=1S/C35H39NP2/c1-37(32-23-11-5-12-24-32,33-25-13-6-14-26-33)36(31-21-15-16-22-31)38(2)34(29-17-7-3-8-18-29)27-28-35(38)30-19-9-4-10-20-30/h3-14,17-20,23-26,31,34-35H,1-2,15-16,21-22,27-28H2/t34-,35-/m0/s1. The molecule has 1 saturated heterocycles. The van der Waals surface area contributed by atoms with Crippen LogP contribution in [0.3, 0.4) is 0 Å². The molecule has 0 N–H and O–H groups in total. The largest absolute Gasteiger partial charge is 0.158 e. The lowest BCUT2D eigenvalue weighted by Crippen LogP contribution is -2.41. The Balaban J connectivity index is 1.63. The van der Waals surface area contributed by atoms with Crippen molar-refractivity contribution in [3.63, 3.8) is 0 Å². The Labute approximate surface area is 231 Å². The lowest BCUT2D eigenvalue weighted by Gasteiger charge is -2.53. The Bertz CT molecular complexity index is 1220. The third-order valence-electron chi connectivity index (χ3n) is 8.91. The van der Waals surface area contributed by atoms with E-state index < -0.39 is 14.8 Å². The first-order chi connectivity index (χ1) is 18.6. The summed E-state index contributed by atoms with van der Waals surface area (Å²) in [4.78, 5) is 0. The van der Waals surface area contributed by atoms with Gasteiger partial charge in [0.2, 0.25) is 0 Å². The van der Waals surface area contributed by atoms with Gasteiger partial charge in [-0.05, 0) is 61.1 Å². The molecule has 38 heavy (non-hydrogen) atoms. The summed E-state index contributed by atoms with van der Waals surface area (Å²) in [5, 5.41) is 2.76. The first kappa shape index (κ1) is 26.0. The summed E-state index contributed by atoms with van der Waals surface area (Å²) in [5.74, 6) is 0. The quantitative estimate of drug-likeness (QED) is 0.168. The van der Waals surface area contributed by atoms with E-state index in [1.807, 2.05) is 0 Å². The van der Waals surface area contributed by atoms with Crippen molar-refractivity contribution in [2.45, 2.75) is 55.9 Å². The topological polar surface area (TPSA) is 3.24 Å². The molecule has 0 unspecified atom stereocenters. The van der Waals surface area contributed by atoms with E-state index in [-0.39, 0.29) is 0 Å². The van der Waals surface area contributed by atoms with E-state index in [2.05, 4.69) is 126 Å². The van der Waals surface area contributed by atoms with Crippen LogP contribution in [0.5, 0.6) is 0 Å². The molecule has 1 saturated carbocycles. The fourth-order valence-electron chi connectivity index (χ4n) is 7.20. The molecule has 2 fully saturated rings. The maximum Gasteiger partial charge on any atom is 0.0906 e. The second-order valence-electron chi connectivity index (χ2n) is 11.0. The fourth-order valence-corrected chi connectivity index (χ4v) is 18.1. The van der Waals surface area contributed by atoms with E-state index in [1.54, 1.807) is 0 Å². The van der Waals surface area contributed by atoms with Gasteiger partial charge in [-0.2, -0.15) is 6.66 Å². The second-order valence-corrected chi connectivity index (χ2v) is 17.8. The minimum Gasteiger partial charge on any atom is -0.158 e. The van der Waals surface area contributed by atoms with E-state index in [0.29, 0.717) is 17.4 Å². The minimum atomic E-state index is -2.19. The van der Waals surface area contributed by atoms with Crippen LogP contribution in [0.2, 0.25) is 0 Å². The molecule has 0 radical (unpaired) electrons. The molecule has 1 heterocycles. The van der Waals surface area contributed by atoms with Crippen LogP contribution >= 0.6 is 14.8 Å². The number of nitrogens with zero attached hydrogens (tertiary/aromatic N) is 1. The Morgan fingerprint density at radius 1 is 0.553 bits per heavy atom. The van der Waals surface area contributed by atoms with Gasteiger partial charge in [0.1, 0.15) is 0 Å². The van der Waals surface area contributed by atoms with Gasteiger partial charge in [0, 0.05) is 7.41 Å². The predicted octanol–water partition coefficient (Wildman–Crippen LogP) is 9.61. The second kappa shape index (κ2) is 11.1. The van der Waals surface area contributed by atoms with Crippen LogP contribution in [0.25, 0.3) is 0 Å². The summed E-state index contributed by atoms with van der Waals surface area (Å²) < 4.78 is 3.04. The van der Waals surface area contributed by atoms with Crippen molar-refractivity contribution >= 4 is 25.4 Å². The summed E-state index contributed by atoms with van der Waals surface area (Å²) in [6.45, 7) is 10.8. The molecule has 1 nitrogen and oxygen atoms in total. The van der Waals surface area contributed by atoms with Gasteiger partial charge in [0.05, 0.1) is 35.4 Å². The van der Waals surface area contributed by atoms with Crippen molar-refractivity contribution in [3.05, 3.63) is 146 Å². The molecule has 0 aromatic heterocycles. The van der Waals surface area contributed by atoms with Gasteiger partial charge in [0.25, 0.3) is 0 Å². The van der Waals surface area contributed by atoms with Gasteiger partial charge in [-0.1, -0.05) is 110 Å². The molecule has 6 rings (SSSR count). The van der Waals surface area contributed by atoms with Crippen molar-refractivity contribution < 1.29 is 0 Å². The molecule has 2 aliphatic rings. The van der Waals surface area contributed by atoms with E-state index >= 15 is 0 Å². The molecule has 0 spiro atoms. The molecular formula is C35H39NP2. The molecule has 1 aliphatic carbocycles. The molecule has 3 heteroatoms. The van der Waals surface area contributed by atoms with Gasteiger partial charge in [-0.25, -0.2) is 0 Å². The Morgan fingerprint density at radius 2 is 0.921 bits per heavy atom. The van der Waals surface area contributed by atoms with E-state index in [0.717, 1.165) is 0 Å². The average molecular weight is 536 g/mol. The Kier molecular flexibility index (Phi) is 7.55. The van der Waals surface area contributed by atoms with Gasteiger partial charge >= 0.3 is 0 Å². The number of rotatable bonds is 7. The zero-order valence-corrected chi connectivity index (χ0v) is 24.1. The third-order valence-corrected chi connectivity index (χ3v) is 18.5. The van der Waals surface area contributed by atoms with E-state index in [4.69, 9.17) is 13.3 Å². The maximum atomic E-state index is 5.47. The van der Waals surface area contributed by atoms with E-state index in [1.165, 1.54) is 60.3 Å². The summed E-state index contributed by atoms with van der Waals surface area (Å²) >= 11 is 0. The normalized spacial score (nSPS) is 21.7. The van der Waals surface area contributed by atoms with Crippen molar-refractivity contribution in [3.8, 4) is 0 Å². The summed E-state index contributed by atoms with van der Waals surface area (Å²) in [5.41, 5.74) is 3.82. The smallest absolute Gasteiger partial charge is 0.0906 e. The van der Waals surface area contributed by atoms with Crippen molar-refractivity contribution in [2.75, 3.05) is 0 Å². The summed E-state index contributed by atoms with van der Waals surface area (Å²) in [7, 11) is -4.22. The highest BCUT2D eigenvalue weighted by atomic mass is 31.2. The highest BCUT2D eigenvalue weighted by Crippen LogP contribution is 2.92. The zero-order valence-electron chi connectivity index (χ0n) is 22.3. The Morgan fingerprint density at radius 3 is 1.32 bits per heavy atom. The molecule has 194 valence electrons. The third kappa shape index (κ3) is 4.48. The van der Waals surface area contributed by atoms with Gasteiger partial charge in [-0.3, -0.25) is 0 Å². The molecule has 0 amide bonds. The number of hydrogen-bond acceptors (Lipinski definition) is 1. The average Bonchev–Trinajstić information content (AvgIpc) is 3.63. The zero-order chi connectivity index (χ0) is 26.0. The van der Waals surface area contributed by atoms with Crippen LogP contribution in [-0.2, 0) is 0 Å². The van der Waals surface area contributed by atoms with Crippen molar-refractivity contribution in [2.24, 2.45) is 0 Å². The maximum absolute atomic E-state index is 5.47. The highest BCUT2D eigenvalue weighted by molar-refractivity contribution is 7.97. The van der Waals surface area contributed by atoms with Crippen LogP contribution in [0.4, 0.5) is 0 Å². The van der Waals surface area contributed by atoms with Crippen molar-refractivity contribution in [1.82, 2.24) is 4.44 Å². The first-order valence-electron chi connectivity index (χ1n) is 14.1. The number of benzene rings is 4. The van der Waals surface area contributed by atoms with Crippen LogP contribution in [0.15, 0.2) is 121 Å². The molecule has 4 aromatic rings. The minimum absolute atomic E-state index is 0.447. The molecule has 1 aliphatic heterocycles. The van der Waals surface area contributed by atoms with Crippen LogP contribution in [-0.4, -0.2) is 10.5 Å². The van der Waals surface area contributed by atoms with Crippen molar-refractivity contribution in [1.29, 1.82) is 0 Å². The van der Waals surface area contributed by atoms with Gasteiger partial charge in [0.15, 0.2) is 0 Å². The number of hydrogen-bond donors (Lipinski definition) is 0. The van der Waals surface area contributed by atoms with Gasteiger partial charge in [-0.15, -0.1) is 11.1 Å². The van der Waals surface area contributed by atoms with E-state index in [9.17, 15) is 0 Å². The highest BCUT2D eigenvalue weighted by Gasteiger charge is 2.62. The monoisotopic (exact) mass is 535 g/mol. The summed E-state index contributed by atoms with van der Waals surface area (Å²) in [6.07, 6.45) is 7.48. The van der Waals surface area contributed by atoms with Crippen LogP contribution in [0.1, 0.15) is 61.0 Å².